The number of hydrogen-bond donors (Lipinski definition) is 0. The van der Waals surface area contributed by atoms with Crippen molar-refractivity contribution in [3.63, 3.8) is 0 Å². The Hall–Kier alpha value is -1.12. The van der Waals surface area contributed by atoms with Gasteiger partial charge in [0.1, 0.15) is 11.5 Å². The van der Waals surface area contributed by atoms with Crippen LogP contribution in [0.15, 0.2) is 22.8 Å². The fraction of sp³-hybridized carbons (Fsp3) is 0.375. The molecule has 1 aromatic rings. The molecule has 0 aliphatic heterocycles. The Balaban J connectivity index is 2.56. The lowest BCUT2D eigenvalue weighted by molar-refractivity contribution is -0.118. The van der Waals surface area contributed by atoms with E-state index in [-0.39, 0.29) is 18.0 Å². The number of rotatable bonds is 3. The van der Waals surface area contributed by atoms with Crippen molar-refractivity contribution in [3.05, 3.63) is 24.2 Å². The van der Waals surface area contributed by atoms with Gasteiger partial charge in [0.25, 0.3) is 0 Å². The minimum atomic E-state index is -1.29. The van der Waals surface area contributed by atoms with Crippen molar-refractivity contribution in [2.24, 2.45) is 0 Å². The van der Waals surface area contributed by atoms with Crippen LogP contribution in [0, 0.1) is 0 Å². The molecule has 11 heavy (non-hydrogen) atoms. The molecule has 0 fully saturated rings. The number of halogens is 1. The highest BCUT2D eigenvalue weighted by Gasteiger charge is 2.14. The van der Waals surface area contributed by atoms with E-state index in [1.54, 1.807) is 6.07 Å². The molecule has 0 saturated heterocycles. The van der Waals surface area contributed by atoms with Crippen molar-refractivity contribution in [3.8, 4) is 0 Å². The van der Waals surface area contributed by atoms with Crippen molar-refractivity contribution in [2.45, 2.75) is 19.5 Å². The highest BCUT2D eigenvalue weighted by Crippen LogP contribution is 2.21. The van der Waals surface area contributed by atoms with Gasteiger partial charge in [-0.15, -0.1) is 0 Å². The molecular formula is C8H9FO2. The summed E-state index contributed by atoms with van der Waals surface area (Å²) in [6.07, 6.45) is -0.00209. The fourth-order valence-corrected chi connectivity index (χ4v) is 0.822. The van der Waals surface area contributed by atoms with Crippen LogP contribution in [0.2, 0.25) is 0 Å². The van der Waals surface area contributed by atoms with Gasteiger partial charge < -0.3 is 4.42 Å². The van der Waals surface area contributed by atoms with Gasteiger partial charge in [-0.3, -0.25) is 4.79 Å². The van der Waals surface area contributed by atoms with E-state index >= 15 is 0 Å². The summed E-state index contributed by atoms with van der Waals surface area (Å²) in [4.78, 5) is 10.5. The molecular weight excluding hydrogens is 147 g/mol. The zero-order valence-electron chi connectivity index (χ0n) is 6.21. The maximum atomic E-state index is 12.9. The Morgan fingerprint density at radius 1 is 1.82 bits per heavy atom. The summed E-state index contributed by atoms with van der Waals surface area (Å²) in [5.74, 6) is 0.0501. The van der Waals surface area contributed by atoms with Gasteiger partial charge in [-0.1, -0.05) is 0 Å². The molecule has 1 heterocycles. The van der Waals surface area contributed by atoms with Crippen LogP contribution >= 0.6 is 0 Å². The van der Waals surface area contributed by atoms with Crippen LogP contribution in [0.5, 0.6) is 0 Å². The monoisotopic (exact) mass is 156 g/mol. The van der Waals surface area contributed by atoms with E-state index in [1.807, 2.05) is 0 Å². The number of Topliss-reactive ketones (excluding diaryl/α,β-unsaturated/α-hetero) is 1. The van der Waals surface area contributed by atoms with Crippen molar-refractivity contribution < 1.29 is 13.6 Å². The molecule has 0 aromatic carbocycles. The van der Waals surface area contributed by atoms with Gasteiger partial charge in [0.2, 0.25) is 0 Å². The van der Waals surface area contributed by atoms with Crippen molar-refractivity contribution in [1.29, 1.82) is 0 Å². The molecule has 0 amide bonds. The molecule has 3 heteroatoms. The van der Waals surface area contributed by atoms with Crippen LogP contribution < -0.4 is 0 Å². The maximum absolute atomic E-state index is 12.9. The second-order valence-corrected chi connectivity index (χ2v) is 2.39. The first-order chi connectivity index (χ1) is 5.20. The number of furan rings is 1. The average molecular weight is 156 g/mol. The summed E-state index contributed by atoms with van der Waals surface area (Å²) in [5, 5.41) is 0. The molecule has 0 N–H and O–H groups in total. The maximum Gasteiger partial charge on any atom is 0.164 e. The Labute approximate surface area is 64.0 Å². The summed E-state index contributed by atoms with van der Waals surface area (Å²) in [6, 6.07) is 3.12. The van der Waals surface area contributed by atoms with Gasteiger partial charge in [0.05, 0.1) is 6.26 Å². The van der Waals surface area contributed by atoms with E-state index in [9.17, 15) is 9.18 Å². The number of carbonyl (C=O) groups excluding carboxylic acids is 1. The Kier molecular flexibility index (Phi) is 2.41. The van der Waals surface area contributed by atoms with Crippen molar-refractivity contribution >= 4 is 5.78 Å². The summed E-state index contributed by atoms with van der Waals surface area (Å²) in [6.45, 7) is 1.36. The van der Waals surface area contributed by atoms with E-state index in [0.29, 0.717) is 0 Å². The molecule has 1 atom stereocenters. The standard InChI is InChI=1S/C8H9FO2/c1-6(10)5-7(9)8-3-2-4-11-8/h2-4,7H,5H2,1H3. The van der Waals surface area contributed by atoms with E-state index in [2.05, 4.69) is 0 Å². The molecule has 0 aliphatic rings. The van der Waals surface area contributed by atoms with E-state index < -0.39 is 6.17 Å². The summed E-state index contributed by atoms with van der Waals surface area (Å²) >= 11 is 0. The average Bonchev–Trinajstić information content (AvgIpc) is 2.35. The zero-order valence-corrected chi connectivity index (χ0v) is 6.21. The van der Waals surface area contributed by atoms with Crippen LogP contribution in [-0.2, 0) is 4.79 Å². The number of ketones is 1. The largest absolute Gasteiger partial charge is 0.466 e. The predicted molar refractivity (Wildman–Crippen MR) is 37.9 cm³/mol. The quantitative estimate of drug-likeness (QED) is 0.671. The second-order valence-electron chi connectivity index (χ2n) is 2.39. The minimum Gasteiger partial charge on any atom is -0.466 e. The van der Waals surface area contributed by atoms with Gasteiger partial charge in [0.15, 0.2) is 6.17 Å². The molecule has 60 valence electrons. The van der Waals surface area contributed by atoms with Crippen molar-refractivity contribution in [2.75, 3.05) is 0 Å². The van der Waals surface area contributed by atoms with Gasteiger partial charge in [-0.25, -0.2) is 4.39 Å². The Morgan fingerprint density at radius 2 is 2.55 bits per heavy atom. The molecule has 0 spiro atoms. The SMILES string of the molecule is CC(=O)CC(F)c1ccco1. The van der Waals surface area contributed by atoms with E-state index in [0.717, 1.165) is 0 Å². The van der Waals surface area contributed by atoms with Crippen LogP contribution in [0.3, 0.4) is 0 Å². The minimum absolute atomic E-state index is 0.104. The molecule has 1 aromatic heterocycles. The normalized spacial score (nSPS) is 12.9. The topological polar surface area (TPSA) is 30.2 Å². The highest BCUT2D eigenvalue weighted by molar-refractivity contribution is 5.76. The predicted octanol–water partition coefficient (Wildman–Crippen LogP) is 2.27. The summed E-state index contributed by atoms with van der Waals surface area (Å²) < 4.78 is 17.7. The van der Waals surface area contributed by atoms with Crippen molar-refractivity contribution in [1.82, 2.24) is 0 Å². The Morgan fingerprint density at radius 3 is 3.00 bits per heavy atom. The smallest absolute Gasteiger partial charge is 0.164 e. The van der Waals surface area contributed by atoms with E-state index in [1.165, 1.54) is 19.3 Å². The first-order valence-electron chi connectivity index (χ1n) is 3.37. The molecule has 1 unspecified atom stereocenters. The lowest BCUT2D eigenvalue weighted by Crippen LogP contribution is -1.97. The number of hydrogen-bond acceptors (Lipinski definition) is 2. The zero-order chi connectivity index (χ0) is 8.27. The molecule has 1 rings (SSSR count). The lowest BCUT2D eigenvalue weighted by Gasteiger charge is -1.99. The third-order valence-corrected chi connectivity index (χ3v) is 1.32. The van der Waals surface area contributed by atoms with Crippen LogP contribution in [0.4, 0.5) is 4.39 Å². The fourth-order valence-electron chi connectivity index (χ4n) is 0.822. The first kappa shape index (κ1) is 7.98. The summed E-state index contributed by atoms with van der Waals surface area (Å²) in [5.41, 5.74) is 0. The third-order valence-electron chi connectivity index (χ3n) is 1.32. The van der Waals surface area contributed by atoms with Crippen LogP contribution in [0.25, 0.3) is 0 Å². The van der Waals surface area contributed by atoms with Gasteiger partial charge in [-0.2, -0.15) is 0 Å². The molecule has 0 saturated carbocycles. The number of carbonyl (C=O) groups is 1. The molecule has 0 bridgehead atoms. The first-order valence-corrected chi connectivity index (χ1v) is 3.37. The third kappa shape index (κ3) is 2.18. The van der Waals surface area contributed by atoms with E-state index in [4.69, 9.17) is 4.42 Å². The lowest BCUT2D eigenvalue weighted by atomic mass is 10.2. The van der Waals surface area contributed by atoms with Gasteiger partial charge >= 0.3 is 0 Å². The van der Waals surface area contributed by atoms with Gasteiger partial charge in [0, 0.05) is 6.42 Å². The molecule has 2 nitrogen and oxygen atoms in total. The molecule has 0 aliphatic carbocycles. The summed E-state index contributed by atoms with van der Waals surface area (Å²) in [7, 11) is 0. The highest BCUT2D eigenvalue weighted by atomic mass is 19.1. The molecule has 0 radical (unpaired) electrons. The van der Waals surface area contributed by atoms with Crippen LogP contribution in [0.1, 0.15) is 25.3 Å². The number of alkyl halides is 1. The second kappa shape index (κ2) is 3.32. The van der Waals surface area contributed by atoms with Gasteiger partial charge in [-0.05, 0) is 19.1 Å². The Bertz CT molecular complexity index is 228. The van der Waals surface area contributed by atoms with Crippen LogP contribution in [-0.4, -0.2) is 5.78 Å².